The van der Waals surface area contributed by atoms with E-state index in [0.29, 0.717) is 17.7 Å². The summed E-state index contributed by atoms with van der Waals surface area (Å²) in [4.78, 5) is 0. The lowest BCUT2D eigenvalue weighted by atomic mass is 10.0. The SMILES string of the molecule is CC(N)C(Oc1ccc(CCO)cc1)c1ccccc1F. The number of hydrogen-bond acceptors (Lipinski definition) is 3. The molecule has 2 atom stereocenters. The van der Waals surface area contributed by atoms with Gasteiger partial charge in [-0.3, -0.25) is 0 Å². The van der Waals surface area contributed by atoms with Gasteiger partial charge in [-0.1, -0.05) is 30.3 Å². The highest BCUT2D eigenvalue weighted by Gasteiger charge is 2.21. The van der Waals surface area contributed by atoms with Gasteiger partial charge in [-0.2, -0.15) is 0 Å². The lowest BCUT2D eigenvalue weighted by molar-refractivity contribution is 0.175. The molecule has 2 rings (SSSR count). The van der Waals surface area contributed by atoms with Crippen molar-refractivity contribution in [2.45, 2.75) is 25.5 Å². The summed E-state index contributed by atoms with van der Waals surface area (Å²) < 4.78 is 19.8. The van der Waals surface area contributed by atoms with Gasteiger partial charge in [0.05, 0.1) is 0 Å². The number of hydrogen-bond donors (Lipinski definition) is 2. The van der Waals surface area contributed by atoms with Crippen LogP contribution < -0.4 is 10.5 Å². The van der Waals surface area contributed by atoms with Gasteiger partial charge in [0, 0.05) is 18.2 Å². The van der Waals surface area contributed by atoms with Crippen LogP contribution in [0.5, 0.6) is 5.75 Å². The molecule has 0 aliphatic heterocycles. The van der Waals surface area contributed by atoms with Crippen molar-refractivity contribution < 1.29 is 14.2 Å². The summed E-state index contributed by atoms with van der Waals surface area (Å²) in [5.74, 6) is 0.305. The van der Waals surface area contributed by atoms with E-state index >= 15 is 0 Å². The molecule has 0 saturated carbocycles. The molecule has 0 amide bonds. The van der Waals surface area contributed by atoms with E-state index in [4.69, 9.17) is 15.6 Å². The minimum absolute atomic E-state index is 0.109. The highest BCUT2D eigenvalue weighted by Crippen LogP contribution is 2.26. The van der Waals surface area contributed by atoms with Crippen LogP contribution in [0.1, 0.15) is 24.2 Å². The molecule has 0 spiro atoms. The van der Waals surface area contributed by atoms with Gasteiger partial charge in [0.15, 0.2) is 0 Å². The minimum atomic E-state index is -0.546. The maximum Gasteiger partial charge on any atom is 0.141 e. The summed E-state index contributed by atoms with van der Waals surface area (Å²) in [6.07, 6.45) is 0.0551. The molecular weight excluding hydrogens is 269 g/mol. The van der Waals surface area contributed by atoms with Gasteiger partial charge in [0.1, 0.15) is 17.7 Å². The second-order valence-electron chi connectivity index (χ2n) is 5.04. The zero-order valence-corrected chi connectivity index (χ0v) is 12.0. The molecule has 0 aliphatic carbocycles. The van der Waals surface area contributed by atoms with Gasteiger partial charge in [-0.25, -0.2) is 4.39 Å². The van der Waals surface area contributed by atoms with Gasteiger partial charge in [0.2, 0.25) is 0 Å². The Morgan fingerprint density at radius 2 is 1.81 bits per heavy atom. The van der Waals surface area contributed by atoms with Gasteiger partial charge in [-0.05, 0) is 37.1 Å². The van der Waals surface area contributed by atoms with Crippen LogP contribution >= 0.6 is 0 Å². The fraction of sp³-hybridized carbons (Fsp3) is 0.294. The second-order valence-corrected chi connectivity index (χ2v) is 5.04. The molecule has 3 N–H and O–H groups in total. The molecule has 2 unspecified atom stereocenters. The number of rotatable bonds is 6. The van der Waals surface area contributed by atoms with Crippen molar-refractivity contribution in [1.29, 1.82) is 0 Å². The van der Waals surface area contributed by atoms with Crippen LogP contribution in [-0.2, 0) is 6.42 Å². The van der Waals surface area contributed by atoms with E-state index in [1.54, 1.807) is 37.3 Å². The average Bonchev–Trinajstić information content (AvgIpc) is 2.47. The summed E-state index contributed by atoms with van der Waals surface area (Å²) in [6, 6.07) is 13.5. The van der Waals surface area contributed by atoms with Crippen molar-refractivity contribution in [3.8, 4) is 5.75 Å². The molecule has 0 aliphatic rings. The van der Waals surface area contributed by atoms with E-state index < -0.39 is 6.10 Å². The molecule has 4 heteroatoms. The molecule has 0 bridgehead atoms. The van der Waals surface area contributed by atoms with Crippen LogP contribution in [-0.4, -0.2) is 17.8 Å². The van der Waals surface area contributed by atoms with Crippen LogP contribution in [0.15, 0.2) is 48.5 Å². The zero-order chi connectivity index (χ0) is 15.2. The van der Waals surface area contributed by atoms with E-state index in [0.717, 1.165) is 5.56 Å². The Kier molecular flexibility index (Phi) is 5.31. The highest BCUT2D eigenvalue weighted by molar-refractivity contribution is 5.29. The Hall–Kier alpha value is -1.91. The molecule has 3 nitrogen and oxygen atoms in total. The number of benzene rings is 2. The average molecular weight is 289 g/mol. The van der Waals surface area contributed by atoms with E-state index in [1.165, 1.54) is 6.07 Å². The normalized spacial score (nSPS) is 13.7. The predicted octanol–water partition coefficient (Wildman–Crippen LogP) is 2.83. The first-order chi connectivity index (χ1) is 10.1. The second kappa shape index (κ2) is 7.20. The molecule has 0 saturated heterocycles. The first-order valence-electron chi connectivity index (χ1n) is 6.98. The number of aliphatic hydroxyl groups is 1. The maximum absolute atomic E-state index is 13.9. The van der Waals surface area contributed by atoms with E-state index in [2.05, 4.69) is 0 Å². The van der Waals surface area contributed by atoms with Crippen molar-refractivity contribution >= 4 is 0 Å². The number of nitrogens with two attached hydrogens (primary N) is 1. The molecular formula is C17H20FNO2. The first-order valence-corrected chi connectivity index (χ1v) is 6.98. The number of ether oxygens (including phenoxy) is 1. The molecule has 21 heavy (non-hydrogen) atoms. The molecule has 2 aromatic carbocycles. The van der Waals surface area contributed by atoms with Crippen LogP contribution in [0.4, 0.5) is 4.39 Å². The molecule has 0 aromatic heterocycles. The van der Waals surface area contributed by atoms with Crippen LogP contribution in [0, 0.1) is 5.82 Å². The third-order valence-electron chi connectivity index (χ3n) is 3.28. The Bertz CT molecular complexity index is 569. The molecule has 112 valence electrons. The molecule has 0 radical (unpaired) electrons. The smallest absolute Gasteiger partial charge is 0.141 e. The van der Waals surface area contributed by atoms with E-state index in [9.17, 15) is 4.39 Å². The number of halogens is 1. The number of aliphatic hydroxyl groups excluding tert-OH is 1. The summed E-state index contributed by atoms with van der Waals surface area (Å²) in [5, 5.41) is 8.90. The molecule has 0 heterocycles. The predicted molar refractivity (Wildman–Crippen MR) is 80.7 cm³/mol. The van der Waals surface area contributed by atoms with Crippen molar-refractivity contribution in [3.63, 3.8) is 0 Å². The lowest BCUT2D eigenvalue weighted by Gasteiger charge is -2.23. The monoisotopic (exact) mass is 289 g/mol. The third kappa shape index (κ3) is 4.03. The van der Waals surface area contributed by atoms with E-state index in [-0.39, 0.29) is 18.5 Å². The fourth-order valence-electron chi connectivity index (χ4n) is 2.17. The largest absolute Gasteiger partial charge is 0.484 e. The maximum atomic E-state index is 13.9. The van der Waals surface area contributed by atoms with Crippen LogP contribution in [0.3, 0.4) is 0 Å². The van der Waals surface area contributed by atoms with Crippen molar-refractivity contribution in [1.82, 2.24) is 0 Å². The topological polar surface area (TPSA) is 55.5 Å². The van der Waals surface area contributed by atoms with Crippen molar-refractivity contribution in [3.05, 3.63) is 65.5 Å². The van der Waals surface area contributed by atoms with Crippen LogP contribution in [0.2, 0.25) is 0 Å². The summed E-state index contributed by atoms with van der Waals surface area (Å²) in [7, 11) is 0. The first kappa shape index (κ1) is 15.5. The molecule has 2 aromatic rings. The third-order valence-corrected chi connectivity index (χ3v) is 3.28. The van der Waals surface area contributed by atoms with Gasteiger partial charge in [0.25, 0.3) is 0 Å². The van der Waals surface area contributed by atoms with Crippen molar-refractivity contribution in [2.75, 3.05) is 6.61 Å². The van der Waals surface area contributed by atoms with E-state index in [1.807, 2.05) is 12.1 Å². The Balaban J connectivity index is 2.19. The summed E-state index contributed by atoms with van der Waals surface area (Å²) in [6.45, 7) is 1.90. The molecule has 0 fully saturated rings. The van der Waals surface area contributed by atoms with Gasteiger partial charge < -0.3 is 15.6 Å². The Morgan fingerprint density at radius 3 is 2.38 bits per heavy atom. The quantitative estimate of drug-likeness (QED) is 0.859. The summed E-state index contributed by atoms with van der Waals surface area (Å²) >= 11 is 0. The Morgan fingerprint density at radius 1 is 1.14 bits per heavy atom. The zero-order valence-electron chi connectivity index (χ0n) is 12.0. The Labute approximate surface area is 124 Å². The standard InChI is InChI=1S/C17H20FNO2/c1-12(19)17(15-4-2-3-5-16(15)18)21-14-8-6-13(7-9-14)10-11-20/h2-9,12,17,20H,10-11,19H2,1H3. The van der Waals surface area contributed by atoms with Gasteiger partial charge in [-0.15, -0.1) is 0 Å². The lowest BCUT2D eigenvalue weighted by Crippen LogP contribution is -2.29. The van der Waals surface area contributed by atoms with Crippen LogP contribution in [0.25, 0.3) is 0 Å². The van der Waals surface area contributed by atoms with Crippen molar-refractivity contribution in [2.24, 2.45) is 5.73 Å². The van der Waals surface area contributed by atoms with Gasteiger partial charge >= 0.3 is 0 Å². The fourth-order valence-corrected chi connectivity index (χ4v) is 2.17. The highest BCUT2D eigenvalue weighted by atomic mass is 19.1. The summed E-state index contributed by atoms with van der Waals surface area (Å²) in [5.41, 5.74) is 7.41. The minimum Gasteiger partial charge on any atom is -0.484 e.